The molecule has 4 aromatic rings. The number of amides is 3. The first-order valence-corrected chi connectivity index (χ1v) is 14.5. The highest BCUT2D eigenvalue weighted by molar-refractivity contribution is 6.02. The van der Waals surface area contributed by atoms with Gasteiger partial charge in [-0.3, -0.25) is 9.69 Å². The van der Waals surface area contributed by atoms with Crippen LogP contribution in [0.3, 0.4) is 0 Å². The SMILES string of the molecule is COc1ccc(OC)c(C2c3cccn3-c3ccccc3N2C(=O)CN(C(=O)Nc2cc(C(F)(F)F)cc(C(F)(F)F)c2)C2CC2)c1. The van der Waals surface area contributed by atoms with Crippen LogP contribution in [-0.4, -0.2) is 48.2 Å². The molecule has 1 aliphatic carbocycles. The number of carbonyl (C=O) groups excluding carboxylic acids is 2. The van der Waals surface area contributed by atoms with Crippen LogP contribution in [0, 0.1) is 0 Å². The van der Waals surface area contributed by atoms with E-state index in [4.69, 9.17) is 9.47 Å². The average Bonchev–Trinajstić information content (AvgIpc) is 3.76. The number of nitrogens with zero attached hydrogens (tertiary/aromatic N) is 3. The molecule has 246 valence electrons. The van der Waals surface area contributed by atoms with E-state index in [1.54, 1.807) is 30.3 Å². The Morgan fingerprint density at radius 3 is 2.11 bits per heavy atom. The van der Waals surface area contributed by atoms with E-state index in [1.807, 2.05) is 35.0 Å². The summed E-state index contributed by atoms with van der Waals surface area (Å²) in [5, 5.41) is 2.18. The Morgan fingerprint density at radius 2 is 1.51 bits per heavy atom. The van der Waals surface area contributed by atoms with Crippen molar-refractivity contribution >= 4 is 23.3 Å². The van der Waals surface area contributed by atoms with E-state index in [0.717, 1.165) is 4.90 Å². The lowest BCUT2D eigenvalue weighted by Gasteiger charge is -2.40. The molecule has 0 saturated heterocycles. The molecule has 1 unspecified atom stereocenters. The topological polar surface area (TPSA) is 76.0 Å². The van der Waals surface area contributed by atoms with E-state index in [9.17, 15) is 35.9 Å². The van der Waals surface area contributed by atoms with Gasteiger partial charge in [-0.15, -0.1) is 0 Å². The number of ether oxygens (including phenoxy) is 2. The summed E-state index contributed by atoms with van der Waals surface area (Å²) < 4.78 is 93.9. The van der Waals surface area contributed by atoms with Crippen LogP contribution in [0.2, 0.25) is 0 Å². The third kappa shape index (κ3) is 6.19. The summed E-state index contributed by atoms with van der Waals surface area (Å²) in [6.45, 7) is -0.514. The fraction of sp³-hybridized carbons (Fsp3) is 0.273. The largest absolute Gasteiger partial charge is 0.497 e. The maximum Gasteiger partial charge on any atom is 0.416 e. The predicted octanol–water partition coefficient (Wildman–Crippen LogP) is 7.66. The Kier molecular flexibility index (Phi) is 8.06. The highest BCUT2D eigenvalue weighted by Gasteiger charge is 2.42. The number of urea groups is 1. The predicted molar refractivity (Wildman–Crippen MR) is 160 cm³/mol. The summed E-state index contributed by atoms with van der Waals surface area (Å²) in [6, 6.07) is 14.6. The zero-order valence-electron chi connectivity index (χ0n) is 25.0. The molecular formula is C33H28F6N4O4. The van der Waals surface area contributed by atoms with Gasteiger partial charge < -0.3 is 24.3 Å². The van der Waals surface area contributed by atoms with Crippen molar-refractivity contribution < 1.29 is 45.4 Å². The normalized spacial score (nSPS) is 15.8. The molecule has 3 aromatic carbocycles. The molecule has 1 atom stereocenters. The second-order valence-corrected chi connectivity index (χ2v) is 11.1. The van der Waals surface area contributed by atoms with Gasteiger partial charge in [-0.1, -0.05) is 12.1 Å². The first kappa shape index (κ1) is 31.8. The van der Waals surface area contributed by atoms with Crippen LogP contribution < -0.4 is 19.7 Å². The van der Waals surface area contributed by atoms with Crippen LogP contribution in [0.4, 0.5) is 42.5 Å². The van der Waals surface area contributed by atoms with Crippen molar-refractivity contribution in [2.75, 3.05) is 31.0 Å². The van der Waals surface area contributed by atoms with Crippen LogP contribution in [0.1, 0.15) is 41.3 Å². The molecular weight excluding hydrogens is 630 g/mol. The summed E-state index contributed by atoms with van der Waals surface area (Å²) in [5.41, 5.74) is -1.35. The monoisotopic (exact) mass is 658 g/mol. The molecule has 0 radical (unpaired) electrons. The Hall–Kier alpha value is -5.14. The second kappa shape index (κ2) is 11.9. The quantitative estimate of drug-likeness (QED) is 0.207. The number of hydrogen-bond acceptors (Lipinski definition) is 4. The summed E-state index contributed by atoms with van der Waals surface area (Å²) >= 11 is 0. The summed E-state index contributed by atoms with van der Waals surface area (Å²) in [7, 11) is 2.99. The molecule has 1 fully saturated rings. The van der Waals surface area contributed by atoms with Crippen molar-refractivity contribution in [2.24, 2.45) is 0 Å². The number of para-hydroxylation sites is 2. The number of benzene rings is 3. The van der Waals surface area contributed by atoms with Crippen LogP contribution in [0.5, 0.6) is 11.5 Å². The molecule has 1 N–H and O–H groups in total. The lowest BCUT2D eigenvalue weighted by atomic mass is 9.96. The molecule has 1 aromatic heterocycles. The Balaban J connectivity index is 1.37. The molecule has 8 nitrogen and oxygen atoms in total. The van der Waals surface area contributed by atoms with Crippen molar-refractivity contribution in [1.82, 2.24) is 9.47 Å². The van der Waals surface area contributed by atoms with Crippen molar-refractivity contribution in [3.63, 3.8) is 0 Å². The van der Waals surface area contributed by atoms with Gasteiger partial charge >= 0.3 is 18.4 Å². The molecule has 1 saturated carbocycles. The molecule has 6 rings (SSSR count). The van der Waals surface area contributed by atoms with Crippen molar-refractivity contribution in [3.05, 3.63) is 101 Å². The molecule has 2 heterocycles. The number of nitrogens with one attached hydrogen (secondary N) is 1. The van der Waals surface area contributed by atoms with Gasteiger partial charge in [0.25, 0.3) is 0 Å². The van der Waals surface area contributed by atoms with Crippen molar-refractivity contribution in [1.29, 1.82) is 0 Å². The molecule has 1 aliphatic heterocycles. The molecule has 14 heteroatoms. The van der Waals surface area contributed by atoms with Gasteiger partial charge in [-0.2, -0.15) is 26.3 Å². The molecule has 47 heavy (non-hydrogen) atoms. The fourth-order valence-electron chi connectivity index (χ4n) is 5.81. The number of methoxy groups -OCH3 is 2. The van der Waals surface area contributed by atoms with Crippen LogP contribution in [-0.2, 0) is 17.1 Å². The Morgan fingerprint density at radius 1 is 0.851 bits per heavy atom. The Labute approximate surface area is 265 Å². The lowest BCUT2D eigenvalue weighted by molar-refractivity contribution is -0.143. The van der Waals surface area contributed by atoms with Crippen LogP contribution in [0.25, 0.3) is 5.69 Å². The maximum absolute atomic E-state index is 14.4. The van der Waals surface area contributed by atoms with Gasteiger partial charge in [0.1, 0.15) is 24.1 Å². The number of carbonyl (C=O) groups is 2. The lowest BCUT2D eigenvalue weighted by Crippen LogP contribution is -2.48. The number of rotatable bonds is 7. The third-order valence-electron chi connectivity index (χ3n) is 8.11. The minimum absolute atomic E-state index is 0.0194. The van der Waals surface area contributed by atoms with E-state index in [-0.39, 0.29) is 6.07 Å². The minimum atomic E-state index is -5.09. The number of halogens is 6. The molecule has 3 amide bonds. The number of hydrogen-bond donors (Lipinski definition) is 1. The third-order valence-corrected chi connectivity index (χ3v) is 8.11. The van der Waals surface area contributed by atoms with E-state index < -0.39 is 59.7 Å². The van der Waals surface area contributed by atoms with E-state index in [2.05, 4.69) is 5.32 Å². The first-order chi connectivity index (χ1) is 22.3. The van der Waals surface area contributed by atoms with Gasteiger partial charge in [0.05, 0.1) is 42.4 Å². The summed E-state index contributed by atoms with van der Waals surface area (Å²) in [4.78, 5) is 30.6. The van der Waals surface area contributed by atoms with Crippen molar-refractivity contribution in [3.8, 4) is 17.2 Å². The number of fused-ring (bicyclic) bond motifs is 3. The van der Waals surface area contributed by atoms with Crippen molar-refractivity contribution in [2.45, 2.75) is 37.3 Å². The van der Waals surface area contributed by atoms with Gasteiger partial charge in [-0.05, 0) is 73.5 Å². The molecule has 0 spiro atoms. The highest BCUT2D eigenvalue weighted by atomic mass is 19.4. The number of alkyl halides is 6. The zero-order chi connectivity index (χ0) is 33.7. The zero-order valence-corrected chi connectivity index (χ0v) is 25.0. The number of anilines is 2. The first-order valence-electron chi connectivity index (χ1n) is 14.5. The van der Waals surface area contributed by atoms with Crippen LogP contribution in [0.15, 0.2) is 79.0 Å². The Bertz CT molecular complexity index is 1800. The van der Waals surface area contributed by atoms with Gasteiger partial charge in [-0.25, -0.2) is 4.79 Å². The molecule has 0 bridgehead atoms. The summed E-state index contributed by atoms with van der Waals surface area (Å²) in [6.07, 6.45) is -7.33. The maximum atomic E-state index is 14.4. The molecule has 2 aliphatic rings. The summed E-state index contributed by atoms with van der Waals surface area (Å²) in [5.74, 6) is 0.424. The van der Waals surface area contributed by atoms with E-state index in [1.165, 1.54) is 19.1 Å². The van der Waals surface area contributed by atoms with Gasteiger partial charge in [0.2, 0.25) is 5.91 Å². The standard InChI is InChI=1S/C33H28F6N4O4/c1-46-23-11-12-28(47-2)24(17-23)30-27-8-5-13-41(27)25-6-3-4-7-26(25)43(30)29(44)18-42(22-9-10-22)31(45)40-21-15-19(32(34,35)36)14-20(16-21)33(37,38)39/h3-8,11-17,22,30H,9-10,18H2,1-2H3,(H,40,45). The highest BCUT2D eigenvalue weighted by Crippen LogP contribution is 2.46. The smallest absolute Gasteiger partial charge is 0.416 e. The average molecular weight is 659 g/mol. The second-order valence-electron chi connectivity index (χ2n) is 11.1. The van der Waals surface area contributed by atoms with E-state index >= 15 is 0 Å². The van der Waals surface area contributed by atoms with E-state index in [0.29, 0.717) is 59.1 Å². The fourth-order valence-corrected chi connectivity index (χ4v) is 5.81. The number of aromatic nitrogens is 1. The van der Waals surface area contributed by atoms with Gasteiger partial charge in [0, 0.05) is 23.5 Å². The van der Waals surface area contributed by atoms with Crippen LogP contribution >= 0.6 is 0 Å². The minimum Gasteiger partial charge on any atom is -0.497 e. The van der Waals surface area contributed by atoms with Gasteiger partial charge in [0.15, 0.2) is 0 Å².